The van der Waals surface area contributed by atoms with Crippen molar-refractivity contribution in [1.82, 2.24) is 4.98 Å². The van der Waals surface area contributed by atoms with Crippen molar-refractivity contribution in [3.8, 4) is 11.5 Å². The molecule has 19 heavy (non-hydrogen) atoms. The van der Waals surface area contributed by atoms with Gasteiger partial charge in [-0.05, 0) is 25.0 Å². The van der Waals surface area contributed by atoms with Crippen molar-refractivity contribution >= 4 is 10.9 Å². The summed E-state index contributed by atoms with van der Waals surface area (Å²) in [5, 5.41) is 20.8. The highest BCUT2D eigenvalue weighted by Crippen LogP contribution is 2.52. The molecule has 4 rings (SSSR count). The van der Waals surface area contributed by atoms with E-state index in [0.29, 0.717) is 17.5 Å². The van der Waals surface area contributed by atoms with Gasteiger partial charge in [0.25, 0.3) is 0 Å². The summed E-state index contributed by atoms with van der Waals surface area (Å²) < 4.78 is 6.04. The third-order valence-corrected chi connectivity index (χ3v) is 4.43. The first-order chi connectivity index (χ1) is 9.21. The Kier molecular flexibility index (Phi) is 2.10. The minimum Gasteiger partial charge on any atom is -0.507 e. The summed E-state index contributed by atoms with van der Waals surface area (Å²) in [5.41, 5.74) is 2.27. The van der Waals surface area contributed by atoms with Crippen LogP contribution < -0.4 is 0 Å². The van der Waals surface area contributed by atoms with E-state index in [9.17, 15) is 10.2 Å². The van der Waals surface area contributed by atoms with Gasteiger partial charge in [-0.3, -0.25) is 4.98 Å². The van der Waals surface area contributed by atoms with Crippen molar-refractivity contribution in [3.63, 3.8) is 0 Å². The molecular formula is C15H15NO3. The quantitative estimate of drug-likeness (QED) is 0.712. The normalized spacial score (nSPS) is 20.2. The van der Waals surface area contributed by atoms with Gasteiger partial charge in [0, 0.05) is 17.3 Å². The number of aromatic nitrogens is 1. The highest BCUT2D eigenvalue weighted by molar-refractivity contribution is 5.94. The molecule has 4 nitrogen and oxygen atoms in total. The van der Waals surface area contributed by atoms with E-state index in [2.05, 4.69) is 4.98 Å². The van der Waals surface area contributed by atoms with Crippen molar-refractivity contribution in [2.45, 2.75) is 37.9 Å². The fourth-order valence-corrected chi connectivity index (χ4v) is 3.57. The zero-order valence-electron chi connectivity index (χ0n) is 10.5. The predicted octanol–water partition coefficient (Wildman–Crippen LogP) is 2.95. The molecule has 2 heterocycles. The molecule has 1 aliphatic carbocycles. The molecule has 1 aliphatic heterocycles. The van der Waals surface area contributed by atoms with Gasteiger partial charge in [0.2, 0.25) is 0 Å². The van der Waals surface area contributed by atoms with Crippen molar-refractivity contribution in [2.24, 2.45) is 0 Å². The first kappa shape index (κ1) is 11.1. The van der Waals surface area contributed by atoms with Crippen LogP contribution in [0.1, 0.15) is 36.8 Å². The van der Waals surface area contributed by atoms with Gasteiger partial charge in [-0.15, -0.1) is 0 Å². The third-order valence-electron chi connectivity index (χ3n) is 4.43. The fourth-order valence-electron chi connectivity index (χ4n) is 3.57. The third kappa shape index (κ3) is 1.35. The van der Waals surface area contributed by atoms with Gasteiger partial charge < -0.3 is 14.9 Å². The molecule has 0 bridgehead atoms. The molecule has 0 amide bonds. The molecule has 1 fully saturated rings. The molecule has 1 aromatic heterocycles. The van der Waals surface area contributed by atoms with Crippen LogP contribution in [0, 0.1) is 0 Å². The lowest BCUT2D eigenvalue weighted by molar-refractivity contribution is -0.0318. The monoisotopic (exact) mass is 257 g/mol. The summed E-state index contributed by atoms with van der Waals surface area (Å²) in [6.45, 7) is 0.549. The number of fused-ring (bicyclic) bond motifs is 4. The van der Waals surface area contributed by atoms with E-state index in [1.807, 2.05) is 0 Å². The Bertz CT molecular complexity index is 675. The van der Waals surface area contributed by atoms with Crippen molar-refractivity contribution in [3.05, 3.63) is 29.5 Å². The summed E-state index contributed by atoms with van der Waals surface area (Å²) in [6.07, 6.45) is 6.01. The number of phenols is 2. The average Bonchev–Trinajstić information content (AvgIpc) is 3.03. The number of hydrogen-bond acceptors (Lipinski definition) is 4. The van der Waals surface area contributed by atoms with E-state index in [1.54, 1.807) is 6.20 Å². The number of benzene rings is 1. The highest BCUT2D eigenvalue weighted by Gasteiger charge is 2.44. The van der Waals surface area contributed by atoms with Crippen molar-refractivity contribution < 1.29 is 14.9 Å². The minimum absolute atomic E-state index is 0.107. The Balaban J connectivity index is 2.11. The van der Waals surface area contributed by atoms with Gasteiger partial charge in [0.1, 0.15) is 17.0 Å². The lowest BCUT2D eigenvalue weighted by Crippen LogP contribution is -2.20. The Hall–Kier alpha value is -1.81. The second kappa shape index (κ2) is 3.61. The molecule has 0 saturated heterocycles. The second-order valence-electron chi connectivity index (χ2n) is 5.48. The number of rotatable bonds is 0. The van der Waals surface area contributed by atoms with Gasteiger partial charge >= 0.3 is 0 Å². The van der Waals surface area contributed by atoms with Gasteiger partial charge in [0.05, 0.1) is 17.6 Å². The zero-order chi connectivity index (χ0) is 13.0. The lowest BCUT2D eigenvalue weighted by Gasteiger charge is -2.25. The maximum absolute atomic E-state index is 10.2. The molecule has 0 unspecified atom stereocenters. The predicted molar refractivity (Wildman–Crippen MR) is 70.0 cm³/mol. The molecule has 4 heteroatoms. The number of ether oxygens (including phenoxy) is 1. The second-order valence-corrected chi connectivity index (χ2v) is 5.48. The van der Waals surface area contributed by atoms with Crippen LogP contribution >= 0.6 is 0 Å². The number of phenolic OH excluding ortho intramolecular Hbond substituents is 2. The first-order valence-corrected chi connectivity index (χ1v) is 6.68. The van der Waals surface area contributed by atoms with E-state index < -0.39 is 0 Å². The summed E-state index contributed by atoms with van der Waals surface area (Å²) in [6, 6.07) is 3.01. The van der Waals surface area contributed by atoms with Crippen LogP contribution in [0.3, 0.4) is 0 Å². The van der Waals surface area contributed by atoms with Crippen LogP contribution in [0.25, 0.3) is 10.9 Å². The topological polar surface area (TPSA) is 62.6 Å². The Labute approximate surface area is 110 Å². The molecule has 98 valence electrons. The van der Waals surface area contributed by atoms with E-state index in [-0.39, 0.29) is 17.1 Å². The SMILES string of the molecule is Oc1ccc(O)c2c3c(cnc12)COC31CCCC1. The average molecular weight is 257 g/mol. The number of aromatic hydroxyl groups is 2. The van der Waals surface area contributed by atoms with Crippen LogP contribution in [0.15, 0.2) is 18.3 Å². The minimum atomic E-state index is -0.276. The molecule has 1 aromatic carbocycles. The van der Waals surface area contributed by atoms with Crippen molar-refractivity contribution in [1.29, 1.82) is 0 Å². The molecule has 0 atom stereocenters. The number of nitrogens with zero attached hydrogens (tertiary/aromatic N) is 1. The largest absolute Gasteiger partial charge is 0.507 e. The highest BCUT2D eigenvalue weighted by atomic mass is 16.5. The van der Waals surface area contributed by atoms with Crippen LogP contribution in [-0.2, 0) is 16.9 Å². The van der Waals surface area contributed by atoms with Crippen LogP contribution in [0.2, 0.25) is 0 Å². The molecular weight excluding hydrogens is 242 g/mol. The molecule has 0 radical (unpaired) electrons. The zero-order valence-corrected chi connectivity index (χ0v) is 10.5. The standard InChI is InChI=1S/C15H15NO3/c17-10-3-4-11(18)14-12(10)13-9(7-16-14)8-19-15(13)5-1-2-6-15/h3-4,7,17-18H,1-2,5-6,8H2. The van der Waals surface area contributed by atoms with Crippen LogP contribution in [0.4, 0.5) is 0 Å². The smallest absolute Gasteiger partial charge is 0.142 e. The Morgan fingerprint density at radius 3 is 2.63 bits per heavy atom. The first-order valence-electron chi connectivity index (χ1n) is 6.68. The fraction of sp³-hybridized carbons (Fsp3) is 0.400. The summed E-state index contributed by atoms with van der Waals surface area (Å²) in [4.78, 5) is 4.28. The summed E-state index contributed by atoms with van der Waals surface area (Å²) >= 11 is 0. The van der Waals surface area contributed by atoms with E-state index in [1.165, 1.54) is 12.1 Å². The van der Waals surface area contributed by atoms with Gasteiger partial charge in [-0.2, -0.15) is 0 Å². The Morgan fingerprint density at radius 1 is 1.11 bits per heavy atom. The summed E-state index contributed by atoms with van der Waals surface area (Å²) in [7, 11) is 0. The van der Waals surface area contributed by atoms with Gasteiger partial charge in [0.15, 0.2) is 0 Å². The van der Waals surface area contributed by atoms with Gasteiger partial charge in [-0.25, -0.2) is 0 Å². The lowest BCUT2D eigenvalue weighted by atomic mass is 9.88. The van der Waals surface area contributed by atoms with E-state index >= 15 is 0 Å². The molecule has 2 N–H and O–H groups in total. The maximum atomic E-state index is 10.2. The van der Waals surface area contributed by atoms with Crippen LogP contribution in [0.5, 0.6) is 11.5 Å². The maximum Gasteiger partial charge on any atom is 0.142 e. The molecule has 2 aliphatic rings. The van der Waals surface area contributed by atoms with Gasteiger partial charge in [-0.1, -0.05) is 12.8 Å². The van der Waals surface area contributed by atoms with E-state index in [0.717, 1.165) is 36.8 Å². The molecule has 1 saturated carbocycles. The Morgan fingerprint density at radius 2 is 1.84 bits per heavy atom. The molecule has 1 spiro atoms. The summed E-state index contributed by atoms with van der Waals surface area (Å²) in [5.74, 6) is 0.282. The van der Waals surface area contributed by atoms with Crippen LogP contribution in [-0.4, -0.2) is 15.2 Å². The van der Waals surface area contributed by atoms with Crippen molar-refractivity contribution in [2.75, 3.05) is 0 Å². The number of hydrogen-bond donors (Lipinski definition) is 2. The molecule has 2 aromatic rings. The number of pyridine rings is 1. The van der Waals surface area contributed by atoms with E-state index in [4.69, 9.17) is 4.74 Å².